The second-order valence-corrected chi connectivity index (χ2v) is 5.73. The van der Waals surface area contributed by atoms with Gasteiger partial charge in [0.15, 0.2) is 6.61 Å². The molecule has 0 radical (unpaired) electrons. The van der Waals surface area contributed by atoms with Gasteiger partial charge >= 0.3 is 0 Å². The third kappa shape index (κ3) is 5.68. The number of para-hydroxylation sites is 1. The Hall–Kier alpha value is -2.75. The maximum absolute atomic E-state index is 11.8. The Morgan fingerprint density at radius 2 is 1.76 bits per heavy atom. The number of nitriles is 1. The first kappa shape index (κ1) is 18.6. The molecule has 0 aliphatic heterocycles. The fourth-order valence-electron chi connectivity index (χ4n) is 1.88. The van der Waals surface area contributed by atoms with Gasteiger partial charge in [-0.1, -0.05) is 41.4 Å². The fourth-order valence-corrected chi connectivity index (χ4v) is 2.20. The van der Waals surface area contributed by atoms with Crippen molar-refractivity contribution in [1.82, 2.24) is 10.9 Å². The van der Waals surface area contributed by atoms with E-state index in [4.69, 9.17) is 33.2 Å². The molecular weight excluding hydrogens is 365 g/mol. The van der Waals surface area contributed by atoms with Crippen molar-refractivity contribution < 1.29 is 14.3 Å². The molecular formula is C17H13Cl2N3O3. The smallest absolute Gasteiger partial charge is 0.276 e. The molecule has 2 aromatic rings. The van der Waals surface area contributed by atoms with Crippen molar-refractivity contribution >= 4 is 35.0 Å². The van der Waals surface area contributed by atoms with E-state index in [0.29, 0.717) is 26.9 Å². The van der Waals surface area contributed by atoms with Crippen LogP contribution in [0.2, 0.25) is 10.0 Å². The molecule has 0 fully saturated rings. The Morgan fingerprint density at radius 1 is 1.04 bits per heavy atom. The van der Waals surface area contributed by atoms with E-state index in [1.165, 1.54) is 0 Å². The van der Waals surface area contributed by atoms with Crippen molar-refractivity contribution in [3.63, 3.8) is 0 Å². The number of carbonyl (C=O) groups is 2. The van der Waals surface area contributed by atoms with Gasteiger partial charge in [-0.25, -0.2) is 0 Å². The summed E-state index contributed by atoms with van der Waals surface area (Å²) in [5.74, 6) is -0.693. The normalized spacial score (nSPS) is 9.80. The number of hydrazine groups is 1. The number of amides is 2. The predicted octanol–water partition coefficient (Wildman–Crippen LogP) is 2.63. The standard InChI is InChI=1S/C17H13Cl2N3O3/c18-13-6-5-11(7-14(13)19)8-16(23)21-22-17(24)10-25-15-4-2-1-3-12(15)9-20/h1-7H,8,10H2,(H,21,23)(H,22,24). The highest BCUT2D eigenvalue weighted by atomic mass is 35.5. The monoisotopic (exact) mass is 377 g/mol. The fraction of sp³-hybridized carbons (Fsp3) is 0.118. The van der Waals surface area contributed by atoms with E-state index in [-0.39, 0.29) is 13.0 Å². The van der Waals surface area contributed by atoms with Gasteiger partial charge in [-0.2, -0.15) is 5.26 Å². The van der Waals surface area contributed by atoms with Crippen LogP contribution in [0, 0.1) is 11.3 Å². The highest BCUT2D eigenvalue weighted by Crippen LogP contribution is 2.22. The highest BCUT2D eigenvalue weighted by Gasteiger charge is 2.09. The van der Waals surface area contributed by atoms with Crippen LogP contribution in [0.1, 0.15) is 11.1 Å². The Labute approximate surface area is 154 Å². The van der Waals surface area contributed by atoms with Gasteiger partial charge in [0, 0.05) is 0 Å². The van der Waals surface area contributed by atoms with Crippen LogP contribution in [-0.4, -0.2) is 18.4 Å². The van der Waals surface area contributed by atoms with Crippen molar-refractivity contribution in [3.05, 3.63) is 63.6 Å². The number of hydrogen-bond acceptors (Lipinski definition) is 4. The maximum atomic E-state index is 11.8. The van der Waals surface area contributed by atoms with E-state index in [1.807, 2.05) is 6.07 Å². The third-order valence-corrected chi connectivity index (χ3v) is 3.80. The summed E-state index contributed by atoms with van der Waals surface area (Å²) in [6.07, 6.45) is 0.0231. The van der Waals surface area contributed by atoms with Crippen molar-refractivity contribution in [1.29, 1.82) is 5.26 Å². The molecule has 2 amide bonds. The van der Waals surface area contributed by atoms with Crippen molar-refractivity contribution in [2.75, 3.05) is 6.61 Å². The summed E-state index contributed by atoms with van der Waals surface area (Å²) in [7, 11) is 0. The number of nitrogens with zero attached hydrogens (tertiary/aromatic N) is 1. The van der Waals surface area contributed by atoms with Gasteiger partial charge in [0.25, 0.3) is 5.91 Å². The maximum Gasteiger partial charge on any atom is 0.276 e. The van der Waals surface area contributed by atoms with Crippen LogP contribution in [-0.2, 0) is 16.0 Å². The number of ether oxygens (including phenoxy) is 1. The van der Waals surface area contributed by atoms with Crippen LogP contribution in [0.3, 0.4) is 0 Å². The quantitative estimate of drug-likeness (QED) is 0.783. The number of halogens is 2. The van der Waals surface area contributed by atoms with E-state index < -0.39 is 11.8 Å². The Balaban J connectivity index is 1.78. The molecule has 2 rings (SSSR count). The number of nitrogens with one attached hydrogen (secondary N) is 2. The average molecular weight is 378 g/mol. The van der Waals surface area contributed by atoms with Crippen LogP contribution in [0.5, 0.6) is 5.75 Å². The molecule has 128 valence electrons. The van der Waals surface area contributed by atoms with Crippen LogP contribution in [0.25, 0.3) is 0 Å². The summed E-state index contributed by atoms with van der Waals surface area (Å²) in [4.78, 5) is 23.5. The molecule has 0 saturated heterocycles. The summed E-state index contributed by atoms with van der Waals surface area (Å²) < 4.78 is 5.25. The van der Waals surface area contributed by atoms with E-state index in [1.54, 1.807) is 42.5 Å². The van der Waals surface area contributed by atoms with Gasteiger partial charge in [-0.15, -0.1) is 0 Å². The number of benzene rings is 2. The van der Waals surface area contributed by atoms with Crippen molar-refractivity contribution in [3.8, 4) is 11.8 Å². The lowest BCUT2D eigenvalue weighted by molar-refractivity contribution is -0.129. The molecule has 6 nitrogen and oxygen atoms in total. The minimum atomic E-state index is -0.560. The number of rotatable bonds is 5. The van der Waals surface area contributed by atoms with Crippen LogP contribution >= 0.6 is 23.2 Å². The minimum Gasteiger partial charge on any atom is -0.482 e. The molecule has 2 N–H and O–H groups in total. The molecule has 0 saturated carbocycles. The molecule has 8 heteroatoms. The summed E-state index contributed by atoms with van der Waals surface area (Å²) >= 11 is 11.7. The topological polar surface area (TPSA) is 91.2 Å². The molecule has 2 aromatic carbocycles. The largest absolute Gasteiger partial charge is 0.482 e. The molecule has 0 heterocycles. The SMILES string of the molecule is N#Cc1ccccc1OCC(=O)NNC(=O)Cc1ccc(Cl)c(Cl)c1. The molecule has 25 heavy (non-hydrogen) atoms. The van der Waals surface area contributed by atoms with E-state index >= 15 is 0 Å². The van der Waals surface area contributed by atoms with Crippen molar-refractivity contribution in [2.45, 2.75) is 6.42 Å². The Kier molecular flexibility index (Phi) is 6.63. The second kappa shape index (κ2) is 8.92. The first-order valence-electron chi connectivity index (χ1n) is 7.13. The zero-order chi connectivity index (χ0) is 18.2. The van der Waals surface area contributed by atoms with Gasteiger partial charge in [-0.3, -0.25) is 20.4 Å². The molecule has 0 atom stereocenters. The lowest BCUT2D eigenvalue weighted by Gasteiger charge is -2.10. The van der Waals surface area contributed by atoms with Gasteiger partial charge < -0.3 is 4.74 Å². The molecule has 0 aliphatic rings. The molecule has 0 aliphatic carbocycles. The first-order chi connectivity index (χ1) is 12.0. The minimum absolute atomic E-state index is 0.0231. The molecule has 0 bridgehead atoms. The van der Waals surface area contributed by atoms with Crippen LogP contribution in [0.15, 0.2) is 42.5 Å². The molecule has 0 aromatic heterocycles. The second-order valence-electron chi connectivity index (χ2n) is 4.92. The Morgan fingerprint density at radius 3 is 2.48 bits per heavy atom. The number of hydrogen-bond donors (Lipinski definition) is 2. The first-order valence-corrected chi connectivity index (χ1v) is 7.88. The Bertz CT molecular complexity index is 834. The summed E-state index contributed by atoms with van der Waals surface area (Å²) in [5, 5.41) is 9.68. The number of carbonyl (C=O) groups excluding carboxylic acids is 2. The van der Waals surface area contributed by atoms with Crippen molar-refractivity contribution in [2.24, 2.45) is 0 Å². The van der Waals surface area contributed by atoms with Gasteiger partial charge in [-0.05, 0) is 29.8 Å². The highest BCUT2D eigenvalue weighted by molar-refractivity contribution is 6.42. The zero-order valence-electron chi connectivity index (χ0n) is 12.9. The van der Waals surface area contributed by atoms with Gasteiger partial charge in [0.05, 0.1) is 22.0 Å². The summed E-state index contributed by atoms with van der Waals surface area (Å²) in [6, 6.07) is 13.3. The van der Waals surface area contributed by atoms with Crippen LogP contribution in [0.4, 0.5) is 0 Å². The van der Waals surface area contributed by atoms with Crippen LogP contribution < -0.4 is 15.6 Å². The van der Waals surface area contributed by atoms with E-state index in [0.717, 1.165) is 0 Å². The third-order valence-electron chi connectivity index (χ3n) is 3.06. The van der Waals surface area contributed by atoms with E-state index in [9.17, 15) is 9.59 Å². The average Bonchev–Trinajstić information content (AvgIpc) is 2.61. The predicted molar refractivity (Wildman–Crippen MR) is 93.1 cm³/mol. The summed E-state index contributed by atoms with van der Waals surface area (Å²) in [6.45, 7) is -0.342. The van der Waals surface area contributed by atoms with E-state index in [2.05, 4.69) is 10.9 Å². The molecule has 0 unspecified atom stereocenters. The van der Waals surface area contributed by atoms with Gasteiger partial charge in [0.2, 0.25) is 5.91 Å². The zero-order valence-corrected chi connectivity index (χ0v) is 14.4. The lowest BCUT2D eigenvalue weighted by Crippen LogP contribution is -2.44. The van der Waals surface area contributed by atoms with Gasteiger partial charge in [0.1, 0.15) is 11.8 Å². The molecule has 0 spiro atoms. The summed E-state index contributed by atoms with van der Waals surface area (Å²) in [5.41, 5.74) is 5.47. The lowest BCUT2D eigenvalue weighted by atomic mass is 10.1.